The van der Waals surface area contributed by atoms with E-state index in [1.807, 2.05) is 0 Å². The zero-order valence-electron chi connectivity index (χ0n) is 15.9. The molecular weight excluding hydrogens is 334 g/mol. The second-order valence-electron chi connectivity index (χ2n) is 8.23. The Labute approximate surface area is 161 Å². The van der Waals surface area contributed by atoms with Crippen LogP contribution in [-0.4, -0.2) is 35.1 Å². The van der Waals surface area contributed by atoms with Gasteiger partial charge in [-0.25, -0.2) is 4.98 Å². The number of benzene rings is 1. The quantitative estimate of drug-likeness (QED) is 0.857. The summed E-state index contributed by atoms with van der Waals surface area (Å²) < 4.78 is 0. The number of nitrogens with zero attached hydrogens (tertiary/aromatic N) is 3. The Bertz CT molecular complexity index is 804. The van der Waals surface area contributed by atoms with Crippen LogP contribution in [0.5, 0.6) is 0 Å². The lowest BCUT2D eigenvalue weighted by Crippen LogP contribution is -2.59. The normalized spacial score (nSPS) is 27.7. The largest absolute Gasteiger partial charge is 0.368 e. The van der Waals surface area contributed by atoms with Crippen LogP contribution in [0.2, 0.25) is 0 Å². The number of nitrogens with two attached hydrogens (primary N) is 1. The average molecular weight is 364 g/mol. The highest BCUT2D eigenvalue weighted by Gasteiger charge is 2.36. The molecule has 2 aliphatic carbocycles. The fourth-order valence-electron chi connectivity index (χ4n) is 5.42. The van der Waals surface area contributed by atoms with Crippen molar-refractivity contribution in [1.29, 1.82) is 0 Å². The number of fused-ring (bicyclic) bond motifs is 2. The third kappa shape index (κ3) is 3.08. The van der Waals surface area contributed by atoms with Crippen LogP contribution in [0.3, 0.4) is 0 Å². The fraction of sp³-hybridized carbons (Fsp3) is 0.545. The minimum Gasteiger partial charge on any atom is -0.368 e. The molecule has 3 atom stereocenters. The van der Waals surface area contributed by atoms with Crippen molar-refractivity contribution in [3.8, 4) is 0 Å². The van der Waals surface area contributed by atoms with E-state index in [-0.39, 0.29) is 0 Å². The molecule has 27 heavy (non-hydrogen) atoms. The van der Waals surface area contributed by atoms with Gasteiger partial charge in [0.05, 0.1) is 5.69 Å². The van der Waals surface area contributed by atoms with Crippen LogP contribution >= 0.6 is 0 Å². The van der Waals surface area contributed by atoms with E-state index in [2.05, 4.69) is 40.5 Å². The molecule has 1 aliphatic heterocycles. The van der Waals surface area contributed by atoms with Gasteiger partial charge in [-0.3, -0.25) is 0 Å². The van der Waals surface area contributed by atoms with Gasteiger partial charge in [0.2, 0.25) is 5.95 Å². The van der Waals surface area contributed by atoms with Gasteiger partial charge in [0, 0.05) is 36.7 Å². The molecule has 1 aromatic carbocycles. The minimum atomic E-state index is 0.337. The van der Waals surface area contributed by atoms with Crippen molar-refractivity contribution in [2.45, 2.75) is 62.9 Å². The summed E-state index contributed by atoms with van der Waals surface area (Å²) in [5.74, 6) is 1.89. The first kappa shape index (κ1) is 17.0. The van der Waals surface area contributed by atoms with E-state index in [4.69, 9.17) is 15.7 Å². The van der Waals surface area contributed by atoms with E-state index in [0.717, 1.165) is 31.7 Å². The van der Waals surface area contributed by atoms with E-state index in [9.17, 15) is 0 Å². The molecule has 2 aromatic rings. The van der Waals surface area contributed by atoms with Crippen molar-refractivity contribution in [2.24, 2.45) is 0 Å². The maximum Gasteiger partial charge on any atom is 0.222 e. The molecule has 3 unspecified atom stereocenters. The molecule has 3 N–H and O–H groups in total. The fourth-order valence-corrected chi connectivity index (χ4v) is 5.42. The highest BCUT2D eigenvalue weighted by molar-refractivity contribution is 5.56. The van der Waals surface area contributed by atoms with Crippen molar-refractivity contribution >= 4 is 11.8 Å². The highest BCUT2D eigenvalue weighted by atomic mass is 15.3. The van der Waals surface area contributed by atoms with Crippen LogP contribution in [0.25, 0.3) is 0 Å². The van der Waals surface area contributed by atoms with Gasteiger partial charge in [-0.15, -0.1) is 0 Å². The number of nitrogen functional groups attached to an aromatic ring is 1. The van der Waals surface area contributed by atoms with Crippen LogP contribution in [0.15, 0.2) is 30.3 Å². The molecule has 1 saturated carbocycles. The molecule has 2 fully saturated rings. The van der Waals surface area contributed by atoms with E-state index < -0.39 is 0 Å². The van der Waals surface area contributed by atoms with Crippen molar-refractivity contribution in [2.75, 3.05) is 23.7 Å². The first-order valence-corrected chi connectivity index (χ1v) is 10.5. The van der Waals surface area contributed by atoms with E-state index in [1.165, 1.54) is 48.9 Å². The number of rotatable bonds is 2. The number of anilines is 2. The van der Waals surface area contributed by atoms with Gasteiger partial charge < -0.3 is 16.0 Å². The van der Waals surface area contributed by atoms with Crippen LogP contribution < -0.4 is 16.0 Å². The van der Waals surface area contributed by atoms with Crippen molar-refractivity contribution < 1.29 is 0 Å². The zero-order valence-corrected chi connectivity index (χ0v) is 15.9. The molecule has 3 aliphatic rings. The zero-order chi connectivity index (χ0) is 18.2. The number of nitrogens with one attached hydrogen (secondary N) is 1. The molecule has 0 radical (unpaired) electrons. The van der Waals surface area contributed by atoms with Crippen molar-refractivity contribution in [3.63, 3.8) is 0 Å². The number of hydrogen-bond donors (Lipinski definition) is 2. The predicted octanol–water partition coefficient (Wildman–Crippen LogP) is 3.25. The van der Waals surface area contributed by atoms with E-state index >= 15 is 0 Å². The van der Waals surface area contributed by atoms with Gasteiger partial charge in [-0.1, -0.05) is 43.2 Å². The molecule has 5 rings (SSSR count). The lowest BCUT2D eigenvalue weighted by molar-refractivity contribution is 0.282. The topological polar surface area (TPSA) is 67.1 Å². The van der Waals surface area contributed by atoms with Gasteiger partial charge in [0.15, 0.2) is 0 Å². The average Bonchev–Trinajstić information content (AvgIpc) is 2.73. The summed E-state index contributed by atoms with van der Waals surface area (Å²) in [6.45, 7) is 2.04. The van der Waals surface area contributed by atoms with Crippen LogP contribution in [0.4, 0.5) is 11.8 Å². The Morgan fingerprint density at radius 3 is 2.74 bits per heavy atom. The highest BCUT2D eigenvalue weighted by Crippen LogP contribution is 2.40. The number of aromatic nitrogens is 2. The van der Waals surface area contributed by atoms with Crippen molar-refractivity contribution in [1.82, 2.24) is 15.3 Å². The molecule has 0 amide bonds. The molecule has 142 valence electrons. The maximum absolute atomic E-state index is 6.23. The summed E-state index contributed by atoms with van der Waals surface area (Å²) in [7, 11) is 0. The second-order valence-corrected chi connectivity index (χ2v) is 8.23. The summed E-state index contributed by atoms with van der Waals surface area (Å²) in [4.78, 5) is 12.1. The van der Waals surface area contributed by atoms with E-state index in [0.29, 0.717) is 23.9 Å². The third-order valence-electron chi connectivity index (χ3n) is 6.65. The van der Waals surface area contributed by atoms with Gasteiger partial charge in [-0.05, 0) is 37.7 Å². The second kappa shape index (κ2) is 7.12. The monoisotopic (exact) mass is 363 g/mol. The molecular formula is C22H29N5. The molecule has 0 bridgehead atoms. The lowest BCUT2D eigenvalue weighted by atomic mass is 9.81. The molecule has 0 spiro atoms. The predicted molar refractivity (Wildman–Crippen MR) is 109 cm³/mol. The number of piperazine rings is 1. The Morgan fingerprint density at radius 1 is 1.00 bits per heavy atom. The molecule has 2 heterocycles. The summed E-state index contributed by atoms with van der Waals surface area (Å²) in [5.41, 5.74) is 10.1. The third-order valence-corrected chi connectivity index (χ3v) is 6.65. The Hall–Kier alpha value is -2.14. The summed E-state index contributed by atoms with van der Waals surface area (Å²) in [6.07, 6.45) is 8.56. The Balaban J connectivity index is 1.57. The first-order valence-electron chi connectivity index (χ1n) is 10.5. The van der Waals surface area contributed by atoms with Crippen LogP contribution in [-0.2, 0) is 6.42 Å². The summed E-state index contributed by atoms with van der Waals surface area (Å²) in [6, 6.07) is 11.9. The maximum atomic E-state index is 6.23. The molecule has 5 nitrogen and oxygen atoms in total. The summed E-state index contributed by atoms with van der Waals surface area (Å²) >= 11 is 0. The van der Waals surface area contributed by atoms with E-state index in [1.54, 1.807) is 0 Å². The minimum absolute atomic E-state index is 0.337. The van der Waals surface area contributed by atoms with Gasteiger partial charge in [0.1, 0.15) is 5.82 Å². The molecule has 1 aromatic heterocycles. The lowest BCUT2D eigenvalue weighted by Gasteiger charge is -2.46. The molecule has 1 saturated heterocycles. The Morgan fingerprint density at radius 2 is 1.85 bits per heavy atom. The SMILES string of the molecule is Nc1nc2c(c(N3CCNC4CCCCC43)n1)CCCC2c1ccccc1. The van der Waals surface area contributed by atoms with Crippen molar-refractivity contribution in [3.05, 3.63) is 47.2 Å². The summed E-state index contributed by atoms with van der Waals surface area (Å²) in [5, 5.41) is 3.73. The standard InChI is InChI=1S/C22H29N5/c23-22-25-20-16(15-7-2-1-3-8-15)9-6-10-17(20)21(26-22)27-14-13-24-18-11-4-5-12-19(18)27/h1-3,7-8,16,18-19,24H,4-6,9-14H2,(H2,23,25,26). The smallest absolute Gasteiger partial charge is 0.222 e. The van der Waals surface area contributed by atoms with Gasteiger partial charge in [-0.2, -0.15) is 4.98 Å². The first-order chi connectivity index (χ1) is 13.3. The van der Waals surface area contributed by atoms with Gasteiger partial charge >= 0.3 is 0 Å². The van der Waals surface area contributed by atoms with Crippen LogP contribution in [0.1, 0.15) is 61.3 Å². The van der Waals surface area contributed by atoms with Crippen LogP contribution in [0, 0.1) is 0 Å². The Kier molecular flexibility index (Phi) is 4.48. The number of hydrogen-bond acceptors (Lipinski definition) is 5. The molecule has 5 heteroatoms. The van der Waals surface area contributed by atoms with Gasteiger partial charge in [0.25, 0.3) is 0 Å².